The summed E-state index contributed by atoms with van der Waals surface area (Å²) in [4.78, 5) is 38.3. The van der Waals surface area contributed by atoms with Crippen LogP contribution in [0.15, 0.2) is 58.4 Å². The van der Waals surface area contributed by atoms with Crippen molar-refractivity contribution in [2.75, 3.05) is 25.0 Å². The number of rotatable bonds is 12. The Morgan fingerprint density at radius 2 is 1.82 bits per heavy atom. The van der Waals surface area contributed by atoms with Crippen LogP contribution < -0.4 is 26.8 Å². The number of nitrogens with zero attached hydrogens (tertiary/aromatic N) is 2. The van der Waals surface area contributed by atoms with Crippen molar-refractivity contribution in [1.82, 2.24) is 10.0 Å². The topological polar surface area (TPSA) is 232 Å². The number of hydrogen-bond acceptors (Lipinski definition) is 8. The molecule has 8 N–H and O–H groups in total. The number of aliphatic carboxylic acids is 1. The van der Waals surface area contributed by atoms with Crippen LogP contribution in [0.25, 0.3) is 0 Å². The summed E-state index contributed by atoms with van der Waals surface area (Å²) >= 11 is 0. The summed E-state index contributed by atoms with van der Waals surface area (Å²) in [5.74, 6) is -2.49. The first-order valence-corrected chi connectivity index (χ1v) is 11.2. The molecule has 0 bridgehead atoms. The highest BCUT2D eigenvalue weighted by Gasteiger charge is 2.26. The molecule has 0 saturated carbocycles. The van der Waals surface area contributed by atoms with Gasteiger partial charge in [-0.2, -0.15) is 4.72 Å². The highest BCUT2D eigenvalue weighted by Crippen LogP contribution is 2.25. The van der Waals surface area contributed by atoms with E-state index in [-0.39, 0.29) is 35.2 Å². The Bertz CT molecular complexity index is 1180. The van der Waals surface area contributed by atoms with Gasteiger partial charge in [0.15, 0.2) is 5.96 Å². The van der Waals surface area contributed by atoms with E-state index < -0.39 is 45.1 Å². The van der Waals surface area contributed by atoms with Gasteiger partial charge in [-0.15, -0.1) is 0 Å². The van der Waals surface area contributed by atoms with Crippen LogP contribution in [0.3, 0.4) is 0 Å². The van der Waals surface area contributed by atoms with E-state index in [1.807, 2.05) is 4.72 Å². The van der Waals surface area contributed by atoms with Gasteiger partial charge in [0.1, 0.15) is 11.7 Å². The Morgan fingerprint density at radius 1 is 1.15 bits per heavy atom. The number of guanidine groups is 1. The highest BCUT2D eigenvalue weighted by atomic mass is 32.2. The molecule has 0 aliphatic heterocycles. The summed E-state index contributed by atoms with van der Waals surface area (Å²) in [5.41, 5.74) is 10.00. The largest absolute Gasteiger partial charge is 0.480 e. The number of carboxylic acids is 1. The molecule has 1 amide bonds. The van der Waals surface area contributed by atoms with E-state index in [1.165, 1.54) is 36.4 Å². The van der Waals surface area contributed by atoms with Gasteiger partial charge in [-0.1, -0.05) is 18.2 Å². The minimum atomic E-state index is -4.16. The maximum Gasteiger partial charge on any atom is 0.323 e. The molecule has 0 fully saturated rings. The number of sulfonamides is 1. The fourth-order valence-electron chi connectivity index (χ4n) is 2.68. The number of amides is 1. The second kappa shape index (κ2) is 11.6. The zero-order chi connectivity index (χ0) is 25.3. The molecule has 2 aromatic carbocycles. The van der Waals surface area contributed by atoms with E-state index >= 15 is 0 Å². The van der Waals surface area contributed by atoms with Crippen molar-refractivity contribution in [3.05, 3.63) is 64.2 Å². The average molecular weight is 494 g/mol. The molecule has 0 aliphatic carbocycles. The van der Waals surface area contributed by atoms with Gasteiger partial charge >= 0.3 is 5.97 Å². The first kappa shape index (κ1) is 26.0. The molecule has 0 heterocycles. The van der Waals surface area contributed by atoms with E-state index in [9.17, 15) is 33.2 Å². The van der Waals surface area contributed by atoms with Crippen LogP contribution in [0.4, 0.5) is 11.4 Å². The number of carboxylic acid groups (broad SMARTS) is 1. The summed E-state index contributed by atoms with van der Waals surface area (Å²) in [6.45, 7) is -0.254. The molecule has 0 spiro atoms. The van der Waals surface area contributed by atoms with E-state index in [2.05, 4.69) is 15.6 Å². The SMILES string of the molecule is NC(N)=NCCNc1ccc(C(=O)NC[C@H](NS(=O)(=O)c2ccccc2)C(=O)O)cc1[N+](=O)[O-]. The van der Waals surface area contributed by atoms with Crippen molar-refractivity contribution in [2.24, 2.45) is 16.5 Å². The van der Waals surface area contributed by atoms with Gasteiger partial charge in [0.25, 0.3) is 11.6 Å². The molecule has 2 aromatic rings. The van der Waals surface area contributed by atoms with Crippen LogP contribution in [0.5, 0.6) is 0 Å². The standard InChI is InChI=1S/C19H23N7O7S/c20-19(21)23-9-8-22-14-7-6-12(10-16(14)26(30)31)17(27)24-11-15(18(28)29)25-34(32,33)13-4-2-1-3-5-13/h1-7,10,15,22,25H,8-9,11H2,(H,24,27)(H,28,29)(H4,20,21,23)/t15-/m0/s1. The van der Waals surface area contributed by atoms with Crippen LogP contribution in [-0.4, -0.2) is 62.0 Å². The molecular formula is C19H23N7O7S. The van der Waals surface area contributed by atoms with Gasteiger partial charge in [0.2, 0.25) is 10.0 Å². The third-order valence-corrected chi connectivity index (χ3v) is 5.78. The maximum absolute atomic E-state index is 12.5. The van der Waals surface area contributed by atoms with Crippen LogP contribution >= 0.6 is 0 Å². The van der Waals surface area contributed by atoms with E-state index in [1.54, 1.807) is 6.07 Å². The fraction of sp³-hybridized carbons (Fsp3) is 0.211. The number of nitrogens with one attached hydrogen (secondary N) is 3. The van der Waals surface area contributed by atoms with Gasteiger partial charge in [0.05, 0.1) is 16.4 Å². The zero-order valence-electron chi connectivity index (χ0n) is 17.7. The van der Waals surface area contributed by atoms with E-state index in [0.29, 0.717) is 0 Å². The minimum absolute atomic E-state index is 0.117. The predicted molar refractivity (Wildman–Crippen MR) is 123 cm³/mol. The van der Waals surface area contributed by atoms with Crippen molar-refractivity contribution in [3.63, 3.8) is 0 Å². The zero-order valence-corrected chi connectivity index (χ0v) is 18.5. The molecule has 2 rings (SSSR count). The van der Waals surface area contributed by atoms with Crippen LogP contribution in [0, 0.1) is 10.1 Å². The summed E-state index contributed by atoms with van der Waals surface area (Å²) in [7, 11) is -4.16. The highest BCUT2D eigenvalue weighted by molar-refractivity contribution is 7.89. The van der Waals surface area contributed by atoms with Crippen molar-refractivity contribution in [1.29, 1.82) is 0 Å². The quantitative estimate of drug-likeness (QED) is 0.0725. The molecular weight excluding hydrogens is 470 g/mol. The molecule has 0 aliphatic rings. The van der Waals surface area contributed by atoms with Crippen molar-refractivity contribution >= 4 is 39.2 Å². The Morgan fingerprint density at radius 3 is 2.41 bits per heavy atom. The molecule has 14 nitrogen and oxygen atoms in total. The Hall–Kier alpha value is -4.24. The Kier molecular flexibility index (Phi) is 8.86. The number of carbonyl (C=O) groups is 2. The van der Waals surface area contributed by atoms with E-state index in [0.717, 1.165) is 6.07 Å². The van der Waals surface area contributed by atoms with Crippen LogP contribution in [-0.2, 0) is 14.8 Å². The number of nitro groups is 1. The molecule has 1 atom stereocenters. The number of carbonyl (C=O) groups excluding carboxylic acids is 1. The first-order valence-electron chi connectivity index (χ1n) is 9.67. The lowest BCUT2D eigenvalue weighted by Gasteiger charge is -2.16. The first-order chi connectivity index (χ1) is 16.0. The van der Waals surface area contributed by atoms with Crippen molar-refractivity contribution < 1.29 is 28.0 Å². The van der Waals surface area contributed by atoms with Crippen LogP contribution in [0.2, 0.25) is 0 Å². The summed E-state index contributed by atoms with van der Waals surface area (Å²) in [6, 6.07) is 9.01. The van der Waals surface area contributed by atoms with Gasteiger partial charge < -0.3 is 27.2 Å². The van der Waals surface area contributed by atoms with Gasteiger partial charge in [-0.05, 0) is 24.3 Å². The third kappa shape index (κ3) is 7.42. The molecule has 0 radical (unpaired) electrons. The molecule has 0 unspecified atom stereocenters. The lowest BCUT2D eigenvalue weighted by molar-refractivity contribution is -0.384. The normalized spacial score (nSPS) is 11.8. The van der Waals surface area contributed by atoms with Crippen LogP contribution in [0.1, 0.15) is 10.4 Å². The number of hydrogen-bond donors (Lipinski definition) is 6. The van der Waals surface area contributed by atoms with Crippen molar-refractivity contribution in [2.45, 2.75) is 10.9 Å². The summed E-state index contributed by atoms with van der Waals surface area (Å²) in [5, 5.41) is 25.8. The average Bonchev–Trinajstić information content (AvgIpc) is 2.79. The monoisotopic (exact) mass is 493 g/mol. The Balaban J connectivity index is 2.09. The third-order valence-electron chi connectivity index (χ3n) is 4.29. The number of benzene rings is 2. The van der Waals surface area contributed by atoms with Gasteiger partial charge in [-0.25, -0.2) is 8.42 Å². The van der Waals surface area contributed by atoms with Crippen molar-refractivity contribution in [3.8, 4) is 0 Å². The second-order valence-corrected chi connectivity index (χ2v) is 8.47. The maximum atomic E-state index is 12.5. The molecule has 34 heavy (non-hydrogen) atoms. The molecule has 0 saturated heterocycles. The Labute approximate surface area is 194 Å². The second-order valence-electron chi connectivity index (χ2n) is 6.76. The number of aliphatic imine (C=N–C) groups is 1. The predicted octanol–water partition coefficient (Wildman–Crippen LogP) is -0.558. The lowest BCUT2D eigenvalue weighted by Crippen LogP contribution is -2.48. The van der Waals surface area contributed by atoms with Gasteiger partial charge in [0, 0.05) is 24.7 Å². The minimum Gasteiger partial charge on any atom is -0.480 e. The number of nitro benzene ring substituents is 1. The summed E-state index contributed by atoms with van der Waals surface area (Å²) in [6.07, 6.45) is 0. The molecule has 0 aromatic heterocycles. The number of nitrogens with two attached hydrogens (primary N) is 2. The fourth-order valence-corrected chi connectivity index (χ4v) is 3.89. The smallest absolute Gasteiger partial charge is 0.323 e. The van der Waals surface area contributed by atoms with E-state index in [4.69, 9.17) is 11.5 Å². The molecule has 15 heteroatoms. The van der Waals surface area contributed by atoms with Gasteiger partial charge in [-0.3, -0.25) is 24.7 Å². The lowest BCUT2D eigenvalue weighted by atomic mass is 10.1. The number of anilines is 1. The summed E-state index contributed by atoms with van der Waals surface area (Å²) < 4.78 is 26.7. The molecule has 182 valence electrons.